The van der Waals surface area contributed by atoms with E-state index < -0.39 is 18.1 Å². The van der Waals surface area contributed by atoms with Crippen LogP contribution in [0.25, 0.3) is 0 Å². The number of carboxylic acid groups (broad SMARTS) is 1. The van der Waals surface area contributed by atoms with E-state index in [0.717, 1.165) is 13.0 Å². The molecule has 1 amide bonds. The van der Waals surface area contributed by atoms with E-state index in [4.69, 9.17) is 5.11 Å². The first-order chi connectivity index (χ1) is 9.54. The molecular formula is C15H29ClN2O3. The predicted octanol–water partition coefficient (Wildman–Crippen LogP) is 2.34. The van der Waals surface area contributed by atoms with Crippen molar-refractivity contribution in [2.45, 2.75) is 70.9 Å². The molecule has 0 saturated heterocycles. The molecule has 0 heterocycles. The van der Waals surface area contributed by atoms with Crippen LogP contribution in [0.15, 0.2) is 0 Å². The summed E-state index contributed by atoms with van der Waals surface area (Å²) in [7, 11) is 0. The monoisotopic (exact) mass is 320 g/mol. The number of rotatable bonds is 8. The highest BCUT2D eigenvalue weighted by atomic mass is 35.5. The molecule has 2 unspecified atom stereocenters. The van der Waals surface area contributed by atoms with E-state index in [0.29, 0.717) is 12.3 Å². The molecule has 0 aromatic carbocycles. The Morgan fingerprint density at radius 2 is 1.86 bits per heavy atom. The Kier molecular flexibility index (Phi) is 10.4. The standard InChI is InChI=1S/C15H28N2O3.ClH/c1-3-7-13(15(19)20)17-11(2)14(18)16-10-12-8-5-4-6-9-12;/h11-13,17H,3-10H2,1-2H3,(H,16,18)(H,19,20);1H. The number of carboxylic acids is 1. The Balaban J connectivity index is 0.00000400. The summed E-state index contributed by atoms with van der Waals surface area (Å²) in [5.41, 5.74) is 0. The molecule has 124 valence electrons. The van der Waals surface area contributed by atoms with Crippen molar-refractivity contribution in [1.29, 1.82) is 0 Å². The van der Waals surface area contributed by atoms with Crippen molar-refractivity contribution in [3.05, 3.63) is 0 Å². The fourth-order valence-corrected chi connectivity index (χ4v) is 2.73. The summed E-state index contributed by atoms with van der Waals surface area (Å²) in [6, 6.07) is -1.11. The van der Waals surface area contributed by atoms with Crippen LogP contribution in [0.5, 0.6) is 0 Å². The molecule has 0 aliphatic heterocycles. The van der Waals surface area contributed by atoms with Crippen molar-refractivity contribution < 1.29 is 14.7 Å². The van der Waals surface area contributed by atoms with Crippen LogP contribution in [0.4, 0.5) is 0 Å². The van der Waals surface area contributed by atoms with Gasteiger partial charge in [0.05, 0.1) is 6.04 Å². The highest BCUT2D eigenvalue weighted by Crippen LogP contribution is 2.22. The van der Waals surface area contributed by atoms with E-state index >= 15 is 0 Å². The molecule has 1 fully saturated rings. The topological polar surface area (TPSA) is 78.4 Å². The average Bonchev–Trinajstić information content (AvgIpc) is 2.45. The molecule has 1 aliphatic carbocycles. The van der Waals surface area contributed by atoms with Crippen LogP contribution in [0.1, 0.15) is 58.8 Å². The van der Waals surface area contributed by atoms with Crippen LogP contribution < -0.4 is 10.6 Å². The van der Waals surface area contributed by atoms with Gasteiger partial charge in [0, 0.05) is 6.54 Å². The highest BCUT2D eigenvalue weighted by Gasteiger charge is 2.23. The first kappa shape index (κ1) is 20.2. The van der Waals surface area contributed by atoms with Gasteiger partial charge in [-0.05, 0) is 32.1 Å². The van der Waals surface area contributed by atoms with Gasteiger partial charge in [-0.1, -0.05) is 32.6 Å². The van der Waals surface area contributed by atoms with Gasteiger partial charge in [0.1, 0.15) is 6.04 Å². The number of carbonyl (C=O) groups excluding carboxylic acids is 1. The molecule has 1 rings (SSSR count). The van der Waals surface area contributed by atoms with Gasteiger partial charge in [-0.2, -0.15) is 0 Å². The molecule has 21 heavy (non-hydrogen) atoms. The number of aliphatic carboxylic acids is 1. The summed E-state index contributed by atoms with van der Waals surface area (Å²) in [6.07, 6.45) is 7.51. The lowest BCUT2D eigenvalue weighted by atomic mass is 9.89. The Hall–Kier alpha value is -0.810. The van der Waals surface area contributed by atoms with Crippen LogP contribution in [0, 0.1) is 5.92 Å². The zero-order valence-corrected chi connectivity index (χ0v) is 13.9. The summed E-state index contributed by atoms with van der Waals surface area (Å²) in [5, 5.41) is 14.9. The number of carbonyl (C=O) groups is 2. The Morgan fingerprint density at radius 1 is 1.24 bits per heavy atom. The minimum atomic E-state index is -0.890. The number of hydrogen-bond donors (Lipinski definition) is 3. The van der Waals surface area contributed by atoms with Gasteiger partial charge in [-0.25, -0.2) is 0 Å². The number of hydrogen-bond acceptors (Lipinski definition) is 3. The minimum absolute atomic E-state index is 0. The Morgan fingerprint density at radius 3 is 2.38 bits per heavy atom. The van der Waals surface area contributed by atoms with E-state index in [2.05, 4.69) is 10.6 Å². The van der Waals surface area contributed by atoms with E-state index in [1.54, 1.807) is 6.92 Å². The summed E-state index contributed by atoms with van der Waals surface area (Å²) >= 11 is 0. The van der Waals surface area contributed by atoms with E-state index in [-0.39, 0.29) is 18.3 Å². The van der Waals surface area contributed by atoms with Crippen molar-refractivity contribution in [2.24, 2.45) is 5.92 Å². The van der Waals surface area contributed by atoms with Gasteiger partial charge in [-0.3, -0.25) is 14.9 Å². The van der Waals surface area contributed by atoms with E-state index in [1.807, 2.05) is 6.92 Å². The number of amides is 1. The number of nitrogens with one attached hydrogen (secondary N) is 2. The van der Waals surface area contributed by atoms with E-state index in [9.17, 15) is 9.59 Å². The smallest absolute Gasteiger partial charge is 0.320 e. The molecule has 0 aromatic rings. The molecule has 1 aliphatic rings. The average molecular weight is 321 g/mol. The van der Waals surface area contributed by atoms with Gasteiger partial charge >= 0.3 is 5.97 Å². The summed E-state index contributed by atoms with van der Waals surface area (Å²) < 4.78 is 0. The molecule has 6 heteroatoms. The largest absolute Gasteiger partial charge is 0.480 e. The van der Waals surface area contributed by atoms with Gasteiger partial charge < -0.3 is 10.4 Å². The van der Waals surface area contributed by atoms with Gasteiger partial charge in [0.2, 0.25) is 5.91 Å². The Labute approximate surface area is 133 Å². The lowest BCUT2D eigenvalue weighted by Crippen LogP contribution is -2.50. The zero-order chi connectivity index (χ0) is 15.0. The molecule has 1 saturated carbocycles. The Bertz CT molecular complexity index is 320. The van der Waals surface area contributed by atoms with Crippen molar-refractivity contribution in [3.8, 4) is 0 Å². The van der Waals surface area contributed by atoms with Gasteiger partial charge in [0.15, 0.2) is 0 Å². The third kappa shape index (κ3) is 7.67. The van der Waals surface area contributed by atoms with Crippen LogP contribution >= 0.6 is 12.4 Å². The third-order valence-corrected chi connectivity index (χ3v) is 4.01. The first-order valence-electron chi connectivity index (χ1n) is 7.81. The predicted molar refractivity (Wildman–Crippen MR) is 85.8 cm³/mol. The molecule has 2 atom stereocenters. The number of halogens is 1. The highest BCUT2D eigenvalue weighted by molar-refractivity contribution is 5.85. The molecular weight excluding hydrogens is 292 g/mol. The first-order valence-corrected chi connectivity index (χ1v) is 7.81. The van der Waals surface area contributed by atoms with Crippen molar-refractivity contribution in [1.82, 2.24) is 10.6 Å². The second kappa shape index (κ2) is 10.9. The maximum absolute atomic E-state index is 12.0. The molecule has 5 nitrogen and oxygen atoms in total. The summed E-state index contributed by atoms with van der Waals surface area (Å²) in [6.45, 7) is 4.38. The van der Waals surface area contributed by atoms with Crippen LogP contribution in [-0.4, -0.2) is 35.6 Å². The van der Waals surface area contributed by atoms with Gasteiger partial charge in [0.25, 0.3) is 0 Å². The van der Waals surface area contributed by atoms with Gasteiger partial charge in [-0.15, -0.1) is 12.4 Å². The van der Waals surface area contributed by atoms with Crippen molar-refractivity contribution in [3.63, 3.8) is 0 Å². The summed E-state index contributed by atoms with van der Waals surface area (Å²) in [5.74, 6) is -0.400. The normalized spacial score (nSPS) is 18.4. The van der Waals surface area contributed by atoms with Crippen LogP contribution in [0.2, 0.25) is 0 Å². The fraction of sp³-hybridized carbons (Fsp3) is 0.867. The zero-order valence-electron chi connectivity index (χ0n) is 13.1. The maximum Gasteiger partial charge on any atom is 0.320 e. The van der Waals surface area contributed by atoms with Crippen LogP contribution in [0.3, 0.4) is 0 Å². The lowest BCUT2D eigenvalue weighted by Gasteiger charge is -2.24. The van der Waals surface area contributed by atoms with Crippen molar-refractivity contribution in [2.75, 3.05) is 6.54 Å². The second-order valence-electron chi connectivity index (χ2n) is 5.82. The maximum atomic E-state index is 12.0. The molecule has 0 aromatic heterocycles. The lowest BCUT2D eigenvalue weighted by molar-refractivity contribution is -0.140. The van der Waals surface area contributed by atoms with Crippen molar-refractivity contribution >= 4 is 24.3 Å². The third-order valence-electron chi connectivity index (χ3n) is 4.01. The fourth-order valence-electron chi connectivity index (χ4n) is 2.73. The van der Waals surface area contributed by atoms with Crippen LogP contribution in [-0.2, 0) is 9.59 Å². The molecule has 0 bridgehead atoms. The molecule has 0 radical (unpaired) electrons. The quantitative estimate of drug-likeness (QED) is 0.641. The van der Waals surface area contributed by atoms with E-state index in [1.165, 1.54) is 32.1 Å². The summed E-state index contributed by atoms with van der Waals surface area (Å²) in [4.78, 5) is 23.0. The minimum Gasteiger partial charge on any atom is -0.480 e. The second-order valence-corrected chi connectivity index (χ2v) is 5.82. The molecule has 0 spiro atoms. The SMILES string of the molecule is CCCC(NC(C)C(=O)NCC1CCCCC1)C(=O)O.Cl. The molecule has 3 N–H and O–H groups in total.